The maximum absolute atomic E-state index is 10.3. The summed E-state index contributed by atoms with van der Waals surface area (Å²) in [7, 11) is 0. The molecule has 0 atom stereocenters. The van der Waals surface area contributed by atoms with Gasteiger partial charge in [-0.05, 0) is 12.8 Å². The van der Waals surface area contributed by atoms with Gasteiger partial charge in [-0.3, -0.25) is 9.59 Å². The summed E-state index contributed by atoms with van der Waals surface area (Å²) >= 11 is 0. The fourth-order valence-corrected chi connectivity index (χ4v) is 3.59. The number of aliphatic hydroxyl groups excluding tert-OH is 3. The Balaban J connectivity index is -0.000000497. The highest BCUT2D eigenvalue weighted by Gasteiger charge is 1.97. The van der Waals surface area contributed by atoms with Crippen LogP contribution >= 0.6 is 0 Å². The normalized spacial score (nSPS) is 10.4. The van der Waals surface area contributed by atoms with E-state index in [1.165, 1.54) is 103 Å². The molecule has 0 aliphatic carbocycles. The SMILES string of the molecule is CCCCCCCCCCCC(=O)O.CCCCCCCCCCCCCC(=O)O.OCC(O)CO. The number of carboxylic acids is 2. The summed E-state index contributed by atoms with van der Waals surface area (Å²) in [6.07, 6.45) is 24.9. The number of hydrogen-bond donors (Lipinski definition) is 5. The molecule has 0 saturated heterocycles. The minimum atomic E-state index is -0.954. The Morgan fingerprint density at radius 2 is 0.694 bits per heavy atom. The molecule has 0 aromatic heterocycles. The zero-order valence-corrected chi connectivity index (χ0v) is 23.6. The second kappa shape index (κ2) is 36.0. The van der Waals surface area contributed by atoms with Crippen molar-refractivity contribution in [1.82, 2.24) is 0 Å². The number of unbranched alkanes of at least 4 members (excludes halogenated alkanes) is 18. The minimum Gasteiger partial charge on any atom is -0.481 e. The van der Waals surface area contributed by atoms with E-state index < -0.39 is 18.0 Å². The highest BCUT2D eigenvalue weighted by atomic mass is 16.4. The molecule has 0 aromatic rings. The van der Waals surface area contributed by atoms with Crippen molar-refractivity contribution in [3.63, 3.8) is 0 Å². The van der Waals surface area contributed by atoms with Crippen molar-refractivity contribution >= 4 is 11.9 Å². The summed E-state index contributed by atoms with van der Waals surface area (Å²) in [6, 6.07) is 0. The van der Waals surface area contributed by atoms with Crippen molar-refractivity contribution in [2.45, 2.75) is 161 Å². The Morgan fingerprint density at radius 1 is 0.472 bits per heavy atom. The molecule has 0 saturated carbocycles. The number of aliphatic hydroxyl groups is 3. The predicted octanol–water partition coefficient (Wildman–Crippen LogP) is 7.10. The van der Waals surface area contributed by atoms with Crippen LogP contribution in [-0.2, 0) is 9.59 Å². The Hall–Kier alpha value is -1.18. The lowest BCUT2D eigenvalue weighted by Gasteiger charge is -2.01. The fraction of sp³-hybridized carbons (Fsp3) is 0.931. The van der Waals surface area contributed by atoms with Gasteiger partial charge < -0.3 is 25.5 Å². The van der Waals surface area contributed by atoms with Crippen LogP contribution in [0.15, 0.2) is 0 Å². The van der Waals surface area contributed by atoms with Crippen molar-refractivity contribution in [3.05, 3.63) is 0 Å². The highest BCUT2D eigenvalue weighted by Crippen LogP contribution is 2.12. The zero-order valence-electron chi connectivity index (χ0n) is 23.6. The second-order valence-corrected chi connectivity index (χ2v) is 9.67. The first-order chi connectivity index (χ1) is 17.3. The van der Waals surface area contributed by atoms with Gasteiger partial charge in [-0.25, -0.2) is 0 Å². The van der Waals surface area contributed by atoms with Crippen molar-refractivity contribution in [1.29, 1.82) is 0 Å². The van der Waals surface area contributed by atoms with E-state index in [9.17, 15) is 9.59 Å². The average molecular weight is 521 g/mol. The number of rotatable bonds is 24. The van der Waals surface area contributed by atoms with Crippen LogP contribution in [0.3, 0.4) is 0 Å². The maximum Gasteiger partial charge on any atom is 0.303 e. The molecule has 0 aromatic carbocycles. The molecule has 218 valence electrons. The maximum atomic E-state index is 10.3. The van der Waals surface area contributed by atoms with Gasteiger partial charge in [0.05, 0.1) is 13.2 Å². The van der Waals surface area contributed by atoms with Crippen LogP contribution in [-0.4, -0.2) is 56.8 Å². The lowest BCUT2D eigenvalue weighted by atomic mass is 10.1. The molecule has 0 aliphatic rings. The first-order valence-electron chi connectivity index (χ1n) is 14.7. The van der Waals surface area contributed by atoms with E-state index in [-0.39, 0.29) is 13.2 Å². The number of aliphatic carboxylic acids is 2. The van der Waals surface area contributed by atoms with E-state index in [1.807, 2.05) is 0 Å². The molecule has 7 nitrogen and oxygen atoms in total. The van der Waals surface area contributed by atoms with Crippen LogP contribution < -0.4 is 0 Å². The van der Waals surface area contributed by atoms with Crippen molar-refractivity contribution in [3.8, 4) is 0 Å². The first kappa shape index (κ1) is 39.3. The quantitative estimate of drug-likeness (QED) is 0.0857. The van der Waals surface area contributed by atoms with Gasteiger partial charge >= 0.3 is 11.9 Å². The van der Waals surface area contributed by atoms with Crippen molar-refractivity contribution in [2.24, 2.45) is 0 Å². The molecular weight excluding hydrogens is 460 g/mol. The lowest BCUT2D eigenvalue weighted by molar-refractivity contribution is -0.138. The van der Waals surface area contributed by atoms with Crippen molar-refractivity contribution in [2.75, 3.05) is 13.2 Å². The summed E-state index contributed by atoms with van der Waals surface area (Å²) in [4.78, 5) is 20.5. The number of hydrogen-bond acceptors (Lipinski definition) is 5. The minimum absolute atomic E-state index is 0.343. The summed E-state index contributed by atoms with van der Waals surface area (Å²) in [5.74, 6) is -1.32. The Bertz CT molecular complexity index is 426. The molecule has 7 heteroatoms. The molecule has 0 heterocycles. The molecule has 36 heavy (non-hydrogen) atoms. The third-order valence-electron chi connectivity index (χ3n) is 5.91. The van der Waals surface area contributed by atoms with Gasteiger partial charge in [-0.2, -0.15) is 0 Å². The topological polar surface area (TPSA) is 135 Å². The molecule has 0 aliphatic heterocycles. The smallest absolute Gasteiger partial charge is 0.303 e. The van der Waals surface area contributed by atoms with Crippen molar-refractivity contribution < 1.29 is 35.1 Å². The van der Waals surface area contributed by atoms with Gasteiger partial charge in [0.25, 0.3) is 0 Å². The Morgan fingerprint density at radius 3 is 0.861 bits per heavy atom. The molecule has 0 rings (SSSR count). The predicted molar refractivity (Wildman–Crippen MR) is 148 cm³/mol. The monoisotopic (exact) mass is 520 g/mol. The average Bonchev–Trinajstić information content (AvgIpc) is 2.86. The lowest BCUT2D eigenvalue weighted by Crippen LogP contribution is -2.15. The molecule has 0 bridgehead atoms. The van der Waals surface area contributed by atoms with Crippen LogP contribution in [0.4, 0.5) is 0 Å². The third kappa shape index (κ3) is 46.2. The van der Waals surface area contributed by atoms with Gasteiger partial charge in [0, 0.05) is 12.8 Å². The summed E-state index contributed by atoms with van der Waals surface area (Å²) < 4.78 is 0. The van der Waals surface area contributed by atoms with E-state index in [2.05, 4.69) is 13.8 Å². The summed E-state index contributed by atoms with van der Waals surface area (Å²) in [5, 5.41) is 40.9. The molecule has 0 unspecified atom stereocenters. The Labute approximate surface area is 221 Å². The summed E-state index contributed by atoms with van der Waals surface area (Å²) in [6.45, 7) is 3.75. The van der Waals surface area contributed by atoms with E-state index in [4.69, 9.17) is 25.5 Å². The van der Waals surface area contributed by atoms with Gasteiger partial charge in [-0.15, -0.1) is 0 Å². The standard InChI is InChI=1S/C14H28O2.C12H24O2.C3H8O3/c1-2-3-4-5-6-7-8-9-10-11-12-13-14(15)16;1-2-3-4-5-6-7-8-9-10-11-12(13)14;4-1-3(6)2-5/h2-13H2,1H3,(H,15,16);2-11H2,1H3,(H,13,14);3-6H,1-2H2. The van der Waals surface area contributed by atoms with E-state index >= 15 is 0 Å². The van der Waals surface area contributed by atoms with Gasteiger partial charge in [0.1, 0.15) is 6.10 Å². The van der Waals surface area contributed by atoms with Gasteiger partial charge in [0.2, 0.25) is 0 Å². The molecule has 0 spiro atoms. The largest absolute Gasteiger partial charge is 0.481 e. The zero-order chi connectivity index (χ0) is 27.7. The van der Waals surface area contributed by atoms with Crippen LogP contribution in [0.5, 0.6) is 0 Å². The number of carbonyl (C=O) groups is 2. The molecule has 0 amide bonds. The molecule has 0 fully saturated rings. The van der Waals surface area contributed by atoms with Crippen LogP contribution in [0.25, 0.3) is 0 Å². The van der Waals surface area contributed by atoms with E-state index in [0.29, 0.717) is 12.8 Å². The molecule has 5 N–H and O–H groups in total. The van der Waals surface area contributed by atoms with Crippen LogP contribution in [0.2, 0.25) is 0 Å². The van der Waals surface area contributed by atoms with Gasteiger partial charge in [0.15, 0.2) is 0 Å². The summed E-state index contributed by atoms with van der Waals surface area (Å²) in [5.41, 5.74) is 0. The highest BCUT2D eigenvalue weighted by molar-refractivity contribution is 5.66. The third-order valence-corrected chi connectivity index (χ3v) is 5.91. The molecular formula is C29H60O7. The van der Waals surface area contributed by atoms with Crippen LogP contribution in [0, 0.1) is 0 Å². The van der Waals surface area contributed by atoms with E-state index in [1.54, 1.807) is 0 Å². The Kier molecular flexibility index (Phi) is 39.3. The first-order valence-corrected chi connectivity index (χ1v) is 14.7. The van der Waals surface area contributed by atoms with E-state index in [0.717, 1.165) is 25.7 Å². The van der Waals surface area contributed by atoms with Gasteiger partial charge in [-0.1, -0.05) is 129 Å². The molecule has 0 radical (unpaired) electrons. The number of carboxylic acid groups (broad SMARTS) is 2. The fourth-order valence-electron chi connectivity index (χ4n) is 3.59. The van der Waals surface area contributed by atoms with Crippen LogP contribution in [0.1, 0.15) is 155 Å². The second-order valence-electron chi connectivity index (χ2n) is 9.67.